The lowest BCUT2D eigenvalue weighted by molar-refractivity contribution is -0.148. The van der Waals surface area contributed by atoms with Crippen LogP contribution in [0.2, 0.25) is 0 Å². The fraction of sp³-hybridized carbons (Fsp3) is 0.360. The van der Waals surface area contributed by atoms with Crippen LogP contribution in [-0.2, 0) is 20.9 Å². The molecule has 1 aliphatic heterocycles. The van der Waals surface area contributed by atoms with Crippen molar-refractivity contribution < 1.29 is 23.9 Å². The highest BCUT2D eigenvalue weighted by Gasteiger charge is 2.34. The summed E-state index contributed by atoms with van der Waals surface area (Å²) < 4.78 is 11.8. The molecule has 2 N–H and O–H groups in total. The summed E-state index contributed by atoms with van der Waals surface area (Å²) in [6, 6.07) is 13.6. The van der Waals surface area contributed by atoms with Gasteiger partial charge < -0.3 is 19.7 Å². The highest BCUT2D eigenvalue weighted by molar-refractivity contribution is 9.10. The number of piperazine rings is 1. The van der Waals surface area contributed by atoms with Crippen LogP contribution in [0.5, 0.6) is 5.75 Å². The quantitative estimate of drug-likeness (QED) is 0.274. The van der Waals surface area contributed by atoms with Gasteiger partial charge in [-0.15, -0.1) is 0 Å². The van der Waals surface area contributed by atoms with Crippen LogP contribution in [0, 0.1) is 0 Å². The molecule has 2 amide bonds. The van der Waals surface area contributed by atoms with Gasteiger partial charge in [0.25, 0.3) is 5.91 Å². The van der Waals surface area contributed by atoms with Crippen molar-refractivity contribution >= 4 is 51.0 Å². The summed E-state index contributed by atoms with van der Waals surface area (Å²) in [6.07, 6.45) is 1.63. The van der Waals surface area contributed by atoms with Gasteiger partial charge in [0.15, 0.2) is 5.11 Å². The van der Waals surface area contributed by atoms with E-state index in [4.69, 9.17) is 21.7 Å². The molecule has 1 unspecified atom stereocenters. The molecule has 186 valence electrons. The molecular weight excluding hydrogens is 534 g/mol. The lowest BCUT2D eigenvalue weighted by Gasteiger charge is -2.36. The summed E-state index contributed by atoms with van der Waals surface area (Å²) in [7, 11) is 0. The zero-order chi connectivity index (χ0) is 25.2. The van der Waals surface area contributed by atoms with Crippen LogP contribution in [0.15, 0.2) is 53.0 Å². The standard InChI is InChI=1S/C25H28BrN3O5S/c1-2-3-13-33-21-10-9-18(26)14-19(21)23(31)28-25(35)29-12-11-27-24(32)20(29)15-22(30)34-16-17-7-5-4-6-8-17/h4-10,14,20H,2-3,11-13,15-16H2,1H3,(H,27,32)(H,28,31,35). The molecule has 2 aromatic carbocycles. The molecule has 1 fully saturated rings. The minimum Gasteiger partial charge on any atom is -0.493 e. The summed E-state index contributed by atoms with van der Waals surface area (Å²) in [5.74, 6) is -0.900. The van der Waals surface area contributed by atoms with Crippen molar-refractivity contribution in [2.75, 3.05) is 19.7 Å². The predicted molar refractivity (Wildman–Crippen MR) is 139 cm³/mol. The summed E-state index contributed by atoms with van der Waals surface area (Å²) in [4.78, 5) is 39.6. The molecular formula is C25H28BrN3O5S. The van der Waals surface area contributed by atoms with Gasteiger partial charge in [-0.3, -0.25) is 19.7 Å². The van der Waals surface area contributed by atoms with E-state index in [1.165, 1.54) is 0 Å². The molecule has 0 bridgehead atoms. The van der Waals surface area contributed by atoms with Crippen LogP contribution in [0.3, 0.4) is 0 Å². The van der Waals surface area contributed by atoms with Gasteiger partial charge in [-0.2, -0.15) is 0 Å². The lowest BCUT2D eigenvalue weighted by Crippen LogP contribution is -2.60. The second kappa shape index (κ2) is 13.2. The number of benzene rings is 2. The van der Waals surface area contributed by atoms with E-state index in [-0.39, 0.29) is 24.0 Å². The Labute approximate surface area is 218 Å². The maximum atomic E-state index is 13.1. The Morgan fingerprint density at radius 3 is 2.74 bits per heavy atom. The second-order valence-corrected chi connectivity index (χ2v) is 9.25. The normalized spacial score (nSPS) is 15.2. The number of carbonyl (C=O) groups is 3. The molecule has 0 radical (unpaired) electrons. The monoisotopic (exact) mass is 561 g/mol. The van der Waals surface area contributed by atoms with Crippen LogP contribution in [0.4, 0.5) is 0 Å². The van der Waals surface area contributed by atoms with E-state index >= 15 is 0 Å². The van der Waals surface area contributed by atoms with Gasteiger partial charge in [-0.25, -0.2) is 0 Å². The van der Waals surface area contributed by atoms with Crippen LogP contribution < -0.4 is 15.4 Å². The van der Waals surface area contributed by atoms with Crippen LogP contribution in [-0.4, -0.2) is 53.5 Å². The Morgan fingerprint density at radius 2 is 2.00 bits per heavy atom. The van der Waals surface area contributed by atoms with Crippen molar-refractivity contribution in [3.8, 4) is 5.75 Å². The Morgan fingerprint density at radius 1 is 1.23 bits per heavy atom. The molecule has 35 heavy (non-hydrogen) atoms. The average Bonchev–Trinajstić information content (AvgIpc) is 2.85. The topological polar surface area (TPSA) is 97.0 Å². The maximum Gasteiger partial charge on any atom is 0.308 e. The summed E-state index contributed by atoms with van der Waals surface area (Å²) in [5, 5.41) is 5.49. The molecule has 2 aromatic rings. The predicted octanol–water partition coefficient (Wildman–Crippen LogP) is 3.58. The third-order valence-electron chi connectivity index (χ3n) is 5.36. The van der Waals surface area contributed by atoms with E-state index in [0.717, 1.165) is 18.4 Å². The first-order valence-corrected chi connectivity index (χ1v) is 12.6. The first kappa shape index (κ1) is 26.6. The Hall–Kier alpha value is -2.98. The highest BCUT2D eigenvalue weighted by Crippen LogP contribution is 2.24. The van der Waals surface area contributed by atoms with Gasteiger partial charge in [0, 0.05) is 17.6 Å². The number of rotatable bonds is 9. The van der Waals surface area contributed by atoms with Crippen LogP contribution in [0.1, 0.15) is 42.1 Å². The molecule has 1 heterocycles. The third kappa shape index (κ3) is 7.76. The van der Waals surface area contributed by atoms with E-state index in [1.807, 2.05) is 30.3 Å². The number of nitrogens with one attached hydrogen (secondary N) is 2. The fourth-order valence-corrected chi connectivity index (χ4v) is 4.16. The zero-order valence-electron chi connectivity index (χ0n) is 19.4. The van der Waals surface area contributed by atoms with E-state index in [9.17, 15) is 14.4 Å². The molecule has 10 heteroatoms. The molecule has 0 aromatic heterocycles. The third-order valence-corrected chi connectivity index (χ3v) is 6.19. The number of nitrogens with zero attached hydrogens (tertiary/aromatic N) is 1. The average molecular weight is 562 g/mol. The Balaban J connectivity index is 1.65. The summed E-state index contributed by atoms with van der Waals surface area (Å²) in [6.45, 7) is 3.34. The van der Waals surface area contributed by atoms with E-state index in [1.54, 1.807) is 23.1 Å². The SMILES string of the molecule is CCCCOc1ccc(Br)cc1C(=O)NC(=S)N1CCNC(=O)C1CC(=O)OCc1ccccc1. The van der Waals surface area contributed by atoms with Gasteiger partial charge in [0.1, 0.15) is 18.4 Å². The molecule has 1 atom stereocenters. The molecule has 0 saturated carbocycles. The smallest absolute Gasteiger partial charge is 0.308 e. The van der Waals surface area contributed by atoms with Crippen LogP contribution in [0.25, 0.3) is 0 Å². The molecule has 1 saturated heterocycles. The number of halogens is 1. The summed E-state index contributed by atoms with van der Waals surface area (Å²) >= 11 is 8.85. The Kier molecular flexibility index (Phi) is 10.0. The van der Waals surface area contributed by atoms with Gasteiger partial charge in [0.05, 0.1) is 18.6 Å². The van der Waals surface area contributed by atoms with Gasteiger partial charge in [0.2, 0.25) is 5.91 Å². The van der Waals surface area contributed by atoms with Crippen molar-refractivity contribution in [1.82, 2.24) is 15.5 Å². The lowest BCUT2D eigenvalue weighted by atomic mass is 10.1. The van der Waals surface area contributed by atoms with E-state index < -0.39 is 17.9 Å². The number of hydrogen-bond acceptors (Lipinski definition) is 6. The number of hydrogen-bond donors (Lipinski definition) is 2. The Bertz CT molecular complexity index is 1070. The minimum atomic E-state index is -0.886. The number of ether oxygens (including phenoxy) is 2. The number of thiocarbonyl (C=S) groups is 1. The zero-order valence-corrected chi connectivity index (χ0v) is 21.8. The van der Waals surface area contributed by atoms with Crippen molar-refractivity contribution in [2.45, 2.75) is 38.8 Å². The summed E-state index contributed by atoms with van der Waals surface area (Å²) in [5.41, 5.74) is 1.16. The fourth-order valence-electron chi connectivity index (χ4n) is 3.48. The minimum absolute atomic E-state index is 0.0604. The van der Waals surface area contributed by atoms with Crippen molar-refractivity contribution in [1.29, 1.82) is 0 Å². The molecule has 8 nitrogen and oxygen atoms in total. The maximum absolute atomic E-state index is 13.1. The van der Waals surface area contributed by atoms with Crippen molar-refractivity contribution in [3.05, 3.63) is 64.1 Å². The molecule has 1 aliphatic rings. The molecule has 0 aliphatic carbocycles. The van der Waals surface area contributed by atoms with Crippen molar-refractivity contribution in [3.63, 3.8) is 0 Å². The highest BCUT2D eigenvalue weighted by atomic mass is 79.9. The van der Waals surface area contributed by atoms with Gasteiger partial charge in [-0.05, 0) is 42.4 Å². The first-order chi connectivity index (χ1) is 16.9. The molecule has 3 rings (SSSR count). The van der Waals surface area contributed by atoms with E-state index in [0.29, 0.717) is 35.5 Å². The van der Waals surface area contributed by atoms with Crippen LogP contribution >= 0.6 is 28.1 Å². The molecule has 0 spiro atoms. The first-order valence-electron chi connectivity index (χ1n) is 11.4. The number of amides is 2. The van der Waals surface area contributed by atoms with Gasteiger partial charge >= 0.3 is 5.97 Å². The number of unbranched alkanes of at least 4 members (excludes halogenated alkanes) is 1. The largest absolute Gasteiger partial charge is 0.493 e. The van der Waals surface area contributed by atoms with Gasteiger partial charge in [-0.1, -0.05) is 59.6 Å². The number of carbonyl (C=O) groups excluding carboxylic acids is 3. The number of esters is 1. The second-order valence-electron chi connectivity index (χ2n) is 7.95. The van der Waals surface area contributed by atoms with E-state index in [2.05, 4.69) is 33.5 Å². The van der Waals surface area contributed by atoms with Crippen molar-refractivity contribution in [2.24, 2.45) is 0 Å².